The van der Waals surface area contributed by atoms with Crippen LogP contribution in [0.1, 0.15) is 12.5 Å². The highest BCUT2D eigenvalue weighted by atomic mass is 19.1. The highest BCUT2D eigenvalue weighted by molar-refractivity contribution is 5.98. The van der Waals surface area contributed by atoms with Crippen LogP contribution in [-0.4, -0.2) is 40.9 Å². The number of aromatic nitrogens is 2. The van der Waals surface area contributed by atoms with Crippen molar-refractivity contribution in [1.29, 1.82) is 5.26 Å². The molecule has 3 heterocycles. The molecular formula is C26H20F3N5O3. The molecule has 0 amide bonds. The number of nitrogens with one attached hydrogen (secondary N) is 2. The maximum absolute atomic E-state index is 15.0. The molecule has 188 valence electrons. The Morgan fingerprint density at radius 2 is 1.95 bits per heavy atom. The Balaban J connectivity index is 1.46. The lowest BCUT2D eigenvalue weighted by molar-refractivity contribution is 0.0706. The smallest absolute Gasteiger partial charge is 0.289 e. The third-order valence-electron chi connectivity index (χ3n) is 5.93. The number of nitriles is 1. The average Bonchev–Trinajstić information content (AvgIpc) is 3.32. The Labute approximate surface area is 209 Å². The minimum Gasteiger partial charge on any atom is -0.464 e. The van der Waals surface area contributed by atoms with Crippen LogP contribution in [0.3, 0.4) is 0 Å². The molecule has 0 saturated carbocycles. The second kappa shape index (κ2) is 9.48. The second-order valence-corrected chi connectivity index (χ2v) is 8.92. The molecule has 1 aliphatic rings. The van der Waals surface area contributed by atoms with E-state index in [0.717, 1.165) is 18.2 Å². The number of pyridine rings is 1. The summed E-state index contributed by atoms with van der Waals surface area (Å²) < 4.78 is 55.8. The van der Waals surface area contributed by atoms with E-state index in [1.807, 2.05) is 6.07 Å². The first-order chi connectivity index (χ1) is 17.8. The summed E-state index contributed by atoms with van der Waals surface area (Å²) in [6.45, 7) is 2.18. The number of nitrogens with zero attached hydrogens (tertiary/aromatic N) is 3. The Bertz CT molecular complexity index is 1560. The lowest BCUT2D eigenvalue weighted by Gasteiger charge is -2.30. The van der Waals surface area contributed by atoms with Gasteiger partial charge in [-0.25, -0.2) is 23.1 Å². The molecule has 0 aliphatic carbocycles. The molecule has 0 radical (unpaired) electrons. The van der Waals surface area contributed by atoms with Gasteiger partial charge in [-0.2, -0.15) is 5.26 Å². The van der Waals surface area contributed by atoms with Crippen LogP contribution < -0.4 is 10.1 Å². The molecule has 2 aromatic heterocycles. The maximum Gasteiger partial charge on any atom is 0.289 e. The van der Waals surface area contributed by atoms with Gasteiger partial charge in [-0.3, -0.25) is 0 Å². The van der Waals surface area contributed by atoms with Crippen molar-refractivity contribution < 1.29 is 27.8 Å². The van der Waals surface area contributed by atoms with Gasteiger partial charge in [0.25, 0.3) is 6.02 Å². The number of fused-ring (bicyclic) bond motifs is 1. The lowest BCUT2D eigenvalue weighted by Crippen LogP contribution is -2.38. The summed E-state index contributed by atoms with van der Waals surface area (Å²) >= 11 is 0. The number of anilines is 1. The molecule has 8 nitrogen and oxygen atoms in total. The molecule has 0 saturated heterocycles. The first-order valence-corrected chi connectivity index (χ1v) is 11.2. The number of aromatic amines is 1. The molecule has 0 bridgehead atoms. The molecule has 3 N–H and O–H groups in total. The molecule has 11 heteroatoms. The Morgan fingerprint density at radius 1 is 1.16 bits per heavy atom. The topological polar surface area (TPSA) is 116 Å². The van der Waals surface area contributed by atoms with E-state index in [4.69, 9.17) is 14.7 Å². The molecule has 5 rings (SSSR count). The van der Waals surface area contributed by atoms with E-state index in [1.54, 1.807) is 6.92 Å². The summed E-state index contributed by atoms with van der Waals surface area (Å²) in [5, 5.41) is 21.4. The molecule has 4 aromatic rings. The molecule has 37 heavy (non-hydrogen) atoms. The van der Waals surface area contributed by atoms with Gasteiger partial charge < -0.3 is 24.9 Å². The highest BCUT2D eigenvalue weighted by Crippen LogP contribution is 2.39. The van der Waals surface area contributed by atoms with Crippen molar-refractivity contribution in [3.05, 3.63) is 71.8 Å². The molecular weight excluding hydrogens is 487 g/mol. The van der Waals surface area contributed by atoms with Crippen LogP contribution >= 0.6 is 0 Å². The average molecular weight is 507 g/mol. The van der Waals surface area contributed by atoms with Gasteiger partial charge in [0, 0.05) is 46.8 Å². The number of amidine groups is 1. The maximum atomic E-state index is 15.0. The van der Waals surface area contributed by atoms with Gasteiger partial charge >= 0.3 is 0 Å². The van der Waals surface area contributed by atoms with Crippen molar-refractivity contribution in [2.24, 2.45) is 10.4 Å². The summed E-state index contributed by atoms with van der Waals surface area (Å²) in [7, 11) is 0. The fourth-order valence-electron chi connectivity index (χ4n) is 3.86. The van der Waals surface area contributed by atoms with E-state index in [2.05, 4.69) is 20.3 Å². The Morgan fingerprint density at radius 3 is 2.59 bits per heavy atom. The Hall–Kier alpha value is -4.56. The van der Waals surface area contributed by atoms with Crippen molar-refractivity contribution in [2.75, 3.05) is 25.1 Å². The van der Waals surface area contributed by atoms with Crippen LogP contribution in [0.4, 0.5) is 18.9 Å². The summed E-state index contributed by atoms with van der Waals surface area (Å²) in [6, 6.07) is 9.42. The zero-order chi connectivity index (χ0) is 26.2. The zero-order valence-electron chi connectivity index (χ0n) is 19.5. The molecule has 1 aliphatic heterocycles. The number of hydrogen-bond acceptors (Lipinski definition) is 7. The fourth-order valence-corrected chi connectivity index (χ4v) is 3.86. The monoisotopic (exact) mass is 507 g/mol. The summed E-state index contributed by atoms with van der Waals surface area (Å²) in [4.78, 5) is 11.3. The first kappa shape index (κ1) is 24.1. The quantitative estimate of drug-likeness (QED) is 0.346. The second-order valence-electron chi connectivity index (χ2n) is 8.92. The minimum atomic E-state index is -0.995. The number of rotatable bonds is 5. The normalized spacial score (nSPS) is 17.1. The fraction of sp³-hybridized carbons (Fsp3) is 0.192. The first-order valence-electron chi connectivity index (χ1n) is 11.2. The number of benzene rings is 2. The van der Waals surface area contributed by atoms with Gasteiger partial charge in [-0.05, 0) is 18.2 Å². The van der Waals surface area contributed by atoms with Crippen molar-refractivity contribution >= 4 is 22.7 Å². The van der Waals surface area contributed by atoms with Crippen molar-refractivity contribution in [1.82, 2.24) is 9.97 Å². The highest BCUT2D eigenvalue weighted by Gasteiger charge is 2.29. The van der Waals surface area contributed by atoms with Gasteiger partial charge in [-0.1, -0.05) is 13.0 Å². The minimum absolute atomic E-state index is 0.0480. The number of aliphatic hydroxyl groups excluding tert-OH is 1. The van der Waals surface area contributed by atoms with E-state index < -0.39 is 28.6 Å². The molecule has 1 atom stereocenters. The van der Waals surface area contributed by atoms with Crippen LogP contribution in [-0.2, 0) is 4.74 Å². The molecule has 2 aromatic carbocycles. The van der Waals surface area contributed by atoms with Gasteiger partial charge in [0.1, 0.15) is 23.8 Å². The third-order valence-corrected chi connectivity index (χ3v) is 5.93. The standard InChI is InChI=1S/C26H20F3N5O3/c1-26(12-35)11-33-25(36-13-26)34-15-7-19(28)23(20(29)8-15)37-21-4-5-31-24-22(21)17(10-32-24)16-3-2-14(9-30)6-18(16)27/h2-8,10,35H,11-13H2,1H3,(H,31,32)(H,33,34)/t26-/m1/s1. The molecule has 0 unspecified atom stereocenters. The van der Waals surface area contributed by atoms with Crippen LogP contribution in [0.15, 0.2) is 53.8 Å². The van der Waals surface area contributed by atoms with Crippen molar-refractivity contribution in [2.45, 2.75) is 6.92 Å². The summed E-state index contributed by atoms with van der Waals surface area (Å²) in [5.41, 5.74) is 0.511. The molecule has 0 spiro atoms. The number of hydrogen-bond donors (Lipinski definition) is 3. The predicted octanol–water partition coefficient (Wildman–Crippen LogP) is 5.11. The van der Waals surface area contributed by atoms with E-state index in [0.29, 0.717) is 16.6 Å². The van der Waals surface area contributed by atoms with Crippen molar-refractivity contribution in [3.63, 3.8) is 0 Å². The van der Waals surface area contributed by atoms with Gasteiger partial charge in [0.2, 0.25) is 0 Å². The van der Waals surface area contributed by atoms with Crippen LogP contribution in [0.25, 0.3) is 22.2 Å². The molecule has 0 fully saturated rings. The summed E-state index contributed by atoms with van der Waals surface area (Å²) in [6.07, 6.45) is 2.89. The zero-order valence-corrected chi connectivity index (χ0v) is 19.5. The lowest BCUT2D eigenvalue weighted by atomic mass is 9.93. The number of H-pyrrole nitrogens is 1. The van der Waals surface area contributed by atoms with E-state index in [9.17, 15) is 18.3 Å². The number of ether oxygens (including phenoxy) is 2. The number of aliphatic hydroxyl groups is 1. The van der Waals surface area contributed by atoms with Gasteiger partial charge in [0.15, 0.2) is 17.4 Å². The SMILES string of the molecule is C[C@]1(CO)CN=C(Nc2cc(F)c(Oc3ccnc4[nH]cc(-c5ccc(C#N)cc5F)c34)c(F)c2)OC1. The Kier molecular flexibility index (Phi) is 6.19. The van der Waals surface area contributed by atoms with Crippen LogP contribution in [0.2, 0.25) is 0 Å². The van der Waals surface area contributed by atoms with Gasteiger partial charge in [-0.15, -0.1) is 0 Å². The number of aliphatic imine (C=N–C) groups is 1. The van der Waals surface area contributed by atoms with E-state index in [-0.39, 0.29) is 48.3 Å². The largest absolute Gasteiger partial charge is 0.464 e. The van der Waals surface area contributed by atoms with Gasteiger partial charge in [0.05, 0.1) is 30.2 Å². The predicted molar refractivity (Wildman–Crippen MR) is 130 cm³/mol. The van der Waals surface area contributed by atoms with Crippen molar-refractivity contribution in [3.8, 4) is 28.7 Å². The number of halogens is 3. The van der Waals surface area contributed by atoms with E-state index >= 15 is 0 Å². The summed E-state index contributed by atoms with van der Waals surface area (Å²) in [5.74, 6) is -3.25. The van der Waals surface area contributed by atoms with Crippen LogP contribution in [0, 0.1) is 34.2 Å². The van der Waals surface area contributed by atoms with E-state index in [1.165, 1.54) is 30.6 Å². The van der Waals surface area contributed by atoms with Crippen LogP contribution in [0.5, 0.6) is 11.5 Å². The third kappa shape index (κ3) is 4.66.